The molecule has 2 aliphatic heterocycles. The Hall–Kier alpha value is -5.20. The lowest BCUT2D eigenvalue weighted by Gasteiger charge is -2.32. The molecule has 2 aliphatic rings. The van der Waals surface area contributed by atoms with Crippen LogP contribution in [0, 0.1) is 11.8 Å². The van der Waals surface area contributed by atoms with Crippen LogP contribution in [0.2, 0.25) is 20.1 Å². The Labute approximate surface area is 407 Å². The molecule has 2 fully saturated rings. The number of hydrogen-bond acceptors (Lipinski definition) is 8. The number of aromatic nitrogens is 2. The fraction of sp³-hybridized carbons (Fsp3) is 0.308. The molecule has 2 aromatic heterocycles. The molecule has 14 heteroatoms. The standard InChI is InChI=1S/2C26H27Cl2N3O2/c2*27-21-9-7-19(8-10-21)25(24-6-1-2-13-29-24)30-26(32)20-11-14-31(15-12-20)16-17-33-23-5-3-4-22(28)18-23/h2*1-10,13,18,20,25H,11-12,14-17H2,(H,30,32). The Morgan fingerprint density at radius 1 is 0.515 bits per heavy atom. The Bertz CT molecular complexity index is 2250. The summed E-state index contributed by atoms with van der Waals surface area (Å²) in [5, 5.41) is 9.11. The SMILES string of the molecule is O=C(NC(c1ccc(Cl)cc1)c1ccccn1)C1CCN(CCOc2cccc(Cl)c2)CC1.O=C(NC(c1ccc(Cl)cc1)c1ccccn1)C1CCN(CCOc2cccc(Cl)c2)CC1. The van der Waals surface area contributed by atoms with Crippen LogP contribution < -0.4 is 20.1 Å². The van der Waals surface area contributed by atoms with Crippen molar-refractivity contribution in [1.82, 2.24) is 30.4 Å². The Balaban J connectivity index is 0.000000196. The Kier molecular flexibility index (Phi) is 18.5. The van der Waals surface area contributed by atoms with E-state index in [9.17, 15) is 9.59 Å². The fourth-order valence-electron chi connectivity index (χ4n) is 8.12. The fourth-order valence-corrected chi connectivity index (χ4v) is 8.73. The maximum atomic E-state index is 13.1. The van der Waals surface area contributed by atoms with Crippen LogP contribution in [-0.4, -0.2) is 84.1 Å². The van der Waals surface area contributed by atoms with Gasteiger partial charge in [-0.25, -0.2) is 0 Å². The first-order valence-electron chi connectivity index (χ1n) is 22.3. The quantitative estimate of drug-likeness (QED) is 0.0987. The lowest BCUT2D eigenvalue weighted by Crippen LogP contribution is -2.42. The van der Waals surface area contributed by atoms with Crippen molar-refractivity contribution in [2.45, 2.75) is 37.8 Å². The molecule has 0 bridgehead atoms. The first-order valence-corrected chi connectivity index (χ1v) is 23.8. The van der Waals surface area contributed by atoms with Gasteiger partial charge in [-0.3, -0.25) is 29.4 Å². The van der Waals surface area contributed by atoms with E-state index < -0.39 is 0 Å². The summed E-state index contributed by atoms with van der Waals surface area (Å²) in [6.07, 6.45) is 6.76. The number of hydrogen-bond donors (Lipinski definition) is 2. The first kappa shape index (κ1) is 48.7. The summed E-state index contributed by atoms with van der Waals surface area (Å²) in [6, 6.07) is 40.8. The van der Waals surface area contributed by atoms with Crippen LogP contribution in [-0.2, 0) is 9.59 Å². The van der Waals surface area contributed by atoms with Gasteiger partial charge in [0.2, 0.25) is 11.8 Å². The second kappa shape index (κ2) is 25.1. The van der Waals surface area contributed by atoms with Gasteiger partial charge < -0.3 is 20.1 Å². The van der Waals surface area contributed by atoms with Crippen molar-refractivity contribution >= 4 is 58.2 Å². The summed E-state index contributed by atoms with van der Waals surface area (Å²) in [5.41, 5.74) is 3.54. The molecular weight excluding hydrogens is 914 g/mol. The lowest BCUT2D eigenvalue weighted by atomic mass is 9.94. The minimum atomic E-state index is -0.305. The number of likely N-dealkylation sites (tertiary alicyclic amines) is 2. The average Bonchev–Trinajstić information content (AvgIpc) is 3.34. The van der Waals surface area contributed by atoms with Crippen LogP contribution in [0.25, 0.3) is 0 Å². The van der Waals surface area contributed by atoms with Crippen LogP contribution in [0.3, 0.4) is 0 Å². The van der Waals surface area contributed by atoms with Crippen molar-refractivity contribution in [3.63, 3.8) is 0 Å². The number of carbonyl (C=O) groups is 2. The minimum absolute atomic E-state index is 0.0198. The molecule has 2 unspecified atom stereocenters. The molecule has 2 atom stereocenters. The van der Waals surface area contributed by atoms with E-state index in [-0.39, 0.29) is 35.7 Å². The molecule has 0 aliphatic carbocycles. The molecule has 0 spiro atoms. The molecule has 0 saturated carbocycles. The van der Waals surface area contributed by atoms with Crippen LogP contribution >= 0.6 is 46.4 Å². The Morgan fingerprint density at radius 3 is 1.26 bits per heavy atom. The molecular formula is C52H54Cl4N6O4. The number of piperidine rings is 2. The van der Waals surface area contributed by atoms with E-state index in [0.717, 1.165) is 99.0 Å². The maximum absolute atomic E-state index is 13.1. The number of pyridine rings is 2. The molecule has 66 heavy (non-hydrogen) atoms. The van der Waals surface area contributed by atoms with Gasteiger partial charge in [0.1, 0.15) is 24.7 Å². The number of nitrogens with one attached hydrogen (secondary N) is 2. The van der Waals surface area contributed by atoms with Gasteiger partial charge in [0.25, 0.3) is 0 Å². The third-order valence-electron chi connectivity index (χ3n) is 11.8. The van der Waals surface area contributed by atoms with E-state index in [1.54, 1.807) is 12.4 Å². The summed E-state index contributed by atoms with van der Waals surface area (Å²) in [4.78, 5) is 39.9. The van der Waals surface area contributed by atoms with Crippen molar-refractivity contribution in [3.8, 4) is 11.5 Å². The minimum Gasteiger partial charge on any atom is -0.492 e. The predicted octanol–water partition coefficient (Wildman–Crippen LogP) is 10.8. The average molecular weight is 969 g/mol. The van der Waals surface area contributed by atoms with E-state index in [0.29, 0.717) is 33.3 Å². The predicted molar refractivity (Wildman–Crippen MR) is 264 cm³/mol. The summed E-state index contributed by atoms with van der Waals surface area (Å²) in [7, 11) is 0. The molecule has 2 saturated heterocycles. The van der Waals surface area contributed by atoms with Crippen LogP contribution in [0.4, 0.5) is 0 Å². The van der Waals surface area contributed by atoms with Gasteiger partial charge in [-0.05, 0) is 148 Å². The topological polar surface area (TPSA) is 109 Å². The van der Waals surface area contributed by atoms with E-state index in [1.165, 1.54) is 0 Å². The number of carbonyl (C=O) groups excluding carboxylic acids is 2. The lowest BCUT2D eigenvalue weighted by molar-refractivity contribution is -0.127. The molecule has 4 heterocycles. The Morgan fingerprint density at radius 2 is 0.909 bits per heavy atom. The van der Waals surface area contributed by atoms with Gasteiger partial charge in [-0.2, -0.15) is 0 Å². The van der Waals surface area contributed by atoms with Crippen LogP contribution in [0.5, 0.6) is 11.5 Å². The van der Waals surface area contributed by atoms with Crippen LogP contribution in [0.15, 0.2) is 146 Å². The molecule has 4 aromatic carbocycles. The molecule has 2 amide bonds. The summed E-state index contributed by atoms with van der Waals surface area (Å²) < 4.78 is 11.6. The van der Waals surface area contributed by atoms with Gasteiger partial charge >= 0.3 is 0 Å². The second-order valence-corrected chi connectivity index (χ2v) is 18.1. The van der Waals surface area contributed by atoms with E-state index in [4.69, 9.17) is 55.9 Å². The zero-order chi connectivity index (χ0) is 46.1. The van der Waals surface area contributed by atoms with Crippen molar-refractivity contribution in [3.05, 3.63) is 188 Å². The van der Waals surface area contributed by atoms with E-state index in [2.05, 4.69) is 30.4 Å². The largest absolute Gasteiger partial charge is 0.492 e. The highest BCUT2D eigenvalue weighted by Crippen LogP contribution is 2.27. The third-order valence-corrected chi connectivity index (χ3v) is 12.8. The monoisotopic (exact) mass is 966 g/mol. The summed E-state index contributed by atoms with van der Waals surface area (Å²) >= 11 is 24.1. The molecule has 344 valence electrons. The molecule has 6 aromatic rings. The third kappa shape index (κ3) is 14.9. The smallest absolute Gasteiger partial charge is 0.224 e. The van der Waals surface area contributed by atoms with E-state index in [1.807, 2.05) is 133 Å². The second-order valence-electron chi connectivity index (χ2n) is 16.3. The van der Waals surface area contributed by atoms with Crippen molar-refractivity contribution in [2.75, 3.05) is 52.5 Å². The normalized spacial score (nSPS) is 15.7. The summed E-state index contributed by atoms with van der Waals surface area (Å²) in [6.45, 7) is 6.30. The van der Waals surface area contributed by atoms with Crippen molar-refractivity contribution in [1.29, 1.82) is 0 Å². The van der Waals surface area contributed by atoms with E-state index >= 15 is 0 Å². The summed E-state index contributed by atoms with van der Waals surface area (Å²) in [5.74, 6) is 1.65. The van der Waals surface area contributed by atoms with Gasteiger partial charge in [-0.15, -0.1) is 0 Å². The molecule has 10 nitrogen and oxygen atoms in total. The zero-order valence-corrected chi connectivity index (χ0v) is 39.6. The molecule has 0 radical (unpaired) electrons. The molecule has 2 N–H and O–H groups in total. The maximum Gasteiger partial charge on any atom is 0.224 e. The highest BCUT2D eigenvalue weighted by molar-refractivity contribution is 6.31. The highest BCUT2D eigenvalue weighted by Gasteiger charge is 2.29. The molecule has 8 rings (SSSR count). The highest BCUT2D eigenvalue weighted by atomic mass is 35.5. The number of halogens is 4. The van der Waals surface area contributed by atoms with Crippen molar-refractivity contribution in [2.24, 2.45) is 11.8 Å². The van der Waals surface area contributed by atoms with Gasteiger partial charge in [-0.1, -0.05) is 94.9 Å². The van der Waals surface area contributed by atoms with Crippen molar-refractivity contribution < 1.29 is 19.1 Å². The van der Waals surface area contributed by atoms with Gasteiger partial charge in [0, 0.05) is 57.4 Å². The number of benzene rings is 4. The first-order chi connectivity index (χ1) is 32.2. The van der Waals surface area contributed by atoms with Gasteiger partial charge in [0.15, 0.2) is 0 Å². The number of ether oxygens (including phenoxy) is 2. The number of nitrogens with zero attached hydrogens (tertiary/aromatic N) is 4. The zero-order valence-electron chi connectivity index (χ0n) is 36.6. The number of amides is 2. The number of rotatable bonds is 16. The van der Waals surface area contributed by atoms with Crippen LogP contribution in [0.1, 0.15) is 60.3 Å². The van der Waals surface area contributed by atoms with Gasteiger partial charge in [0.05, 0.1) is 23.5 Å².